The smallest absolute Gasteiger partial charge is 0.435 e. The summed E-state index contributed by atoms with van der Waals surface area (Å²) in [5.74, 6) is 2.31. The SMILES string of the molecule is C#CC[C@@]1(OC(=O)OCC)C[C@H](n2cnc3c(N)nc(F)nc32)O[C@@H]1CO. The molecule has 0 unspecified atom stereocenters. The zero-order valence-corrected chi connectivity index (χ0v) is 14.5. The molecule has 3 rings (SSSR count). The molecule has 0 spiro atoms. The van der Waals surface area contributed by atoms with Gasteiger partial charge in [0.05, 0.1) is 26.0 Å². The largest absolute Gasteiger partial charge is 0.508 e. The number of anilines is 1. The Morgan fingerprint density at radius 1 is 1.63 bits per heavy atom. The van der Waals surface area contributed by atoms with E-state index < -0.39 is 36.8 Å². The van der Waals surface area contributed by atoms with Crippen LogP contribution in [0.2, 0.25) is 0 Å². The van der Waals surface area contributed by atoms with Crippen molar-refractivity contribution in [3.05, 3.63) is 12.4 Å². The fourth-order valence-corrected chi connectivity index (χ4v) is 3.10. The number of rotatable bonds is 5. The van der Waals surface area contributed by atoms with Crippen molar-refractivity contribution in [1.29, 1.82) is 0 Å². The quantitative estimate of drug-likeness (QED) is 0.438. The highest BCUT2D eigenvalue weighted by molar-refractivity contribution is 5.81. The lowest BCUT2D eigenvalue weighted by atomic mass is 9.91. The number of hydrogen-bond acceptors (Lipinski definition) is 9. The predicted molar refractivity (Wildman–Crippen MR) is 89.6 cm³/mol. The molecule has 10 nitrogen and oxygen atoms in total. The molecule has 0 aromatic carbocycles. The van der Waals surface area contributed by atoms with E-state index in [1.807, 2.05) is 0 Å². The lowest BCUT2D eigenvalue weighted by Crippen LogP contribution is -2.44. The summed E-state index contributed by atoms with van der Waals surface area (Å²) in [7, 11) is 0. The molecule has 144 valence electrons. The topological polar surface area (TPSA) is 135 Å². The summed E-state index contributed by atoms with van der Waals surface area (Å²) in [5, 5.41) is 9.73. The van der Waals surface area contributed by atoms with Gasteiger partial charge in [0.15, 0.2) is 22.6 Å². The van der Waals surface area contributed by atoms with Crippen molar-refractivity contribution < 1.29 is 28.5 Å². The van der Waals surface area contributed by atoms with Gasteiger partial charge in [-0.3, -0.25) is 4.57 Å². The van der Waals surface area contributed by atoms with Crippen molar-refractivity contribution in [2.75, 3.05) is 18.9 Å². The molecule has 1 aliphatic rings. The van der Waals surface area contributed by atoms with Gasteiger partial charge in [-0.1, -0.05) is 0 Å². The Balaban J connectivity index is 1.97. The summed E-state index contributed by atoms with van der Waals surface area (Å²) >= 11 is 0. The normalized spacial score (nSPS) is 24.7. The van der Waals surface area contributed by atoms with Crippen molar-refractivity contribution >= 4 is 23.1 Å². The monoisotopic (exact) mass is 379 g/mol. The minimum absolute atomic E-state index is 0.0222. The van der Waals surface area contributed by atoms with Gasteiger partial charge in [0.2, 0.25) is 0 Å². The maximum atomic E-state index is 13.6. The van der Waals surface area contributed by atoms with E-state index in [2.05, 4.69) is 20.9 Å². The zero-order chi connectivity index (χ0) is 19.6. The first-order chi connectivity index (χ1) is 12.9. The Morgan fingerprint density at radius 3 is 3.07 bits per heavy atom. The summed E-state index contributed by atoms with van der Waals surface area (Å²) in [6.45, 7) is 1.28. The standard InChI is InChI=1S/C16H18FN5O5/c1-3-5-16(27-15(24)25-4-2)6-10(26-9(16)7-23)22-8-19-11-12(18)20-14(17)21-13(11)22/h1,8-10,23H,4-7H2,2H3,(H2,18,20,21)/t9-,10-,16-/m1/s1. The highest BCUT2D eigenvalue weighted by Gasteiger charge is 2.52. The number of nitrogens with zero attached hydrogens (tertiary/aromatic N) is 4. The minimum atomic E-state index is -1.33. The molecule has 2 aromatic heterocycles. The molecule has 1 saturated heterocycles. The van der Waals surface area contributed by atoms with E-state index in [9.17, 15) is 14.3 Å². The number of aromatic nitrogens is 4. The molecule has 3 atom stereocenters. The van der Waals surface area contributed by atoms with Crippen LogP contribution < -0.4 is 5.73 Å². The Hall–Kier alpha value is -2.97. The molecule has 2 aromatic rings. The average Bonchev–Trinajstić information content (AvgIpc) is 3.17. The lowest BCUT2D eigenvalue weighted by Gasteiger charge is -2.30. The van der Waals surface area contributed by atoms with Gasteiger partial charge < -0.3 is 25.1 Å². The summed E-state index contributed by atoms with van der Waals surface area (Å²) in [6.07, 6.45) is 3.17. The second-order valence-electron chi connectivity index (χ2n) is 5.90. The zero-order valence-electron chi connectivity index (χ0n) is 14.5. The van der Waals surface area contributed by atoms with Crippen molar-refractivity contribution in [1.82, 2.24) is 19.5 Å². The molecule has 0 amide bonds. The number of aliphatic hydroxyl groups is 1. The van der Waals surface area contributed by atoms with E-state index in [0.717, 1.165) is 0 Å². The molecule has 27 heavy (non-hydrogen) atoms. The van der Waals surface area contributed by atoms with Crippen LogP contribution in [0.1, 0.15) is 26.0 Å². The molecule has 0 aliphatic carbocycles. The van der Waals surface area contributed by atoms with E-state index in [1.54, 1.807) is 6.92 Å². The predicted octanol–water partition coefficient (Wildman–Crippen LogP) is 0.763. The first-order valence-corrected chi connectivity index (χ1v) is 8.15. The number of nitrogen functional groups attached to an aromatic ring is 1. The van der Waals surface area contributed by atoms with Gasteiger partial charge in [-0.05, 0) is 6.92 Å². The number of fused-ring (bicyclic) bond motifs is 1. The van der Waals surface area contributed by atoms with Gasteiger partial charge in [0.25, 0.3) is 0 Å². The van der Waals surface area contributed by atoms with Crippen LogP contribution >= 0.6 is 0 Å². The van der Waals surface area contributed by atoms with Crippen molar-refractivity contribution in [3.63, 3.8) is 0 Å². The molecule has 0 bridgehead atoms. The van der Waals surface area contributed by atoms with Gasteiger partial charge in [-0.25, -0.2) is 9.78 Å². The van der Waals surface area contributed by atoms with Crippen LogP contribution in [0.5, 0.6) is 0 Å². The Morgan fingerprint density at radius 2 is 2.41 bits per heavy atom. The Labute approximate surface area is 153 Å². The number of carbonyl (C=O) groups is 1. The van der Waals surface area contributed by atoms with E-state index >= 15 is 0 Å². The minimum Gasteiger partial charge on any atom is -0.435 e. The van der Waals surface area contributed by atoms with E-state index in [1.165, 1.54) is 10.9 Å². The maximum Gasteiger partial charge on any atom is 0.508 e. The van der Waals surface area contributed by atoms with Gasteiger partial charge in [0.1, 0.15) is 12.3 Å². The van der Waals surface area contributed by atoms with E-state index in [-0.39, 0.29) is 36.4 Å². The number of ether oxygens (including phenoxy) is 3. The fraction of sp³-hybridized carbons (Fsp3) is 0.500. The van der Waals surface area contributed by atoms with Gasteiger partial charge >= 0.3 is 12.2 Å². The third-order valence-corrected chi connectivity index (χ3v) is 4.28. The number of carbonyl (C=O) groups excluding carboxylic acids is 1. The molecule has 0 saturated carbocycles. The second-order valence-corrected chi connectivity index (χ2v) is 5.90. The van der Waals surface area contributed by atoms with Crippen LogP contribution in [-0.4, -0.2) is 55.7 Å². The van der Waals surface area contributed by atoms with Crippen molar-refractivity contribution in [3.8, 4) is 12.3 Å². The van der Waals surface area contributed by atoms with Crippen LogP contribution in [0, 0.1) is 18.4 Å². The summed E-state index contributed by atoms with van der Waals surface area (Å²) < 4.78 is 31.1. The summed E-state index contributed by atoms with van der Waals surface area (Å²) in [6, 6.07) is 0. The van der Waals surface area contributed by atoms with Crippen LogP contribution in [-0.2, 0) is 14.2 Å². The molecular formula is C16H18FN5O5. The summed E-state index contributed by atoms with van der Waals surface area (Å²) in [5.41, 5.74) is 4.64. The number of aliphatic hydroxyl groups excluding tert-OH is 1. The second kappa shape index (κ2) is 7.34. The van der Waals surface area contributed by atoms with Crippen LogP contribution in [0.25, 0.3) is 11.2 Å². The molecular weight excluding hydrogens is 361 g/mol. The molecule has 3 N–H and O–H groups in total. The van der Waals surface area contributed by atoms with Crippen LogP contribution in [0.15, 0.2) is 6.33 Å². The highest BCUT2D eigenvalue weighted by atomic mass is 19.1. The first kappa shape index (κ1) is 18.8. The van der Waals surface area contributed by atoms with Gasteiger partial charge in [0, 0.05) is 6.42 Å². The highest BCUT2D eigenvalue weighted by Crippen LogP contribution is 2.42. The molecule has 1 fully saturated rings. The number of terminal acetylenes is 1. The number of halogens is 1. The van der Waals surface area contributed by atoms with E-state index in [0.29, 0.717) is 0 Å². The molecule has 0 radical (unpaired) electrons. The number of hydrogen-bond donors (Lipinski definition) is 2. The maximum absolute atomic E-state index is 13.6. The lowest BCUT2D eigenvalue weighted by molar-refractivity contribution is -0.0975. The van der Waals surface area contributed by atoms with Crippen molar-refractivity contribution in [2.24, 2.45) is 0 Å². The van der Waals surface area contributed by atoms with Crippen molar-refractivity contribution in [2.45, 2.75) is 37.7 Å². The third kappa shape index (κ3) is 3.36. The third-order valence-electron chi connectivity index (χ3n) is 4.28. The summed E-state index contributed by atoms with van der Waals surface area (Å²) in [4.78, 5) is 23.1. The Kier molecular flexibility index (Phi) is 5.11. The number of imidazole rings is 1. The van der Waals surface area contributed by atoms with Gasteiger partial charge in [-0.2, -0.15) is 14.4 Å². The molecule has 3 heterocycles. The molecule has 11 heteroatoms. The average molecular weight is 379 g/mol. The Bertz CT molecular complexity index is 897. The van der Waals surface area contributed by atoms with E-state index in [4.69, 9.17) is 26.4 Å². The van der Waals surface area contributed by atoms with Crippen LogP contribution in [0.3, 0.4) is 0 Å². The molecule has 1 aliphatic heterocycles. The van der Waals surface area contributed by atoms with Gasteiger partial charge in [-0.15, -0.1) is 12.3 Å². The number of nitrogens with two attached hydrogens (primary N) is 1. The van der Waals surface area contributed by atoms with Crippen LogP contribution in [0.4, 0.5) is 15.0 Å². The first-order valence-electron chi connectivity index (χ1n) is 8.15. The fourth-order valence-electron chi connectivity index (χ4n) is 3.10.